The van der Waals surface area contributed by atoms with Crippen molar-refractivity contribution in [3.63, 3.8) is 0 Å². The van der Waals surface area contributed by atoms with E-state index in [1.807, 2.05) is 18.7 Å². The number of H-pyrrole nitrogens is 1. The van der Waals surface area contributed by atoms with Crippen LogP contribution in [0.3, 0.4) is 0 Å². The molecule has 6 heteroatoms. The number of nitrogens with one attached hydrogen (secondary N) is 1. The van der Waals surface area contributed by atoms with Gasteiger partial charge in [-0.15, -0.1) is 0 Å². The summed E-state index contributed by atoms with van der Waals surface area (Å²) in [6.45, 7) is 4.67. The molecule has 2 aromatic heterocycles. The highest BCUT2D eigenvalue weighted by molar-refractivity contribution is 5.95. The first-order chi connectivity index (χ1) is 12.2. The van der Waals surface area contributed by atoms with Crippen LogP contribution in [0.5, 0.6) is 0 Å². The van der Waals surface area contributed by atoms with Crippen LogP contribution in [-0.4, -0.2) is 32.7 Å². The molecule has 1 N–H and O–H groups in total. The number of aromatic nitrogens is 3. The Morgan fingerprint density at radius 2 is 2.00 bits per heavy atom. The molecule has 2 fully saturated rings. The smallest absolute Gasteiger partial charge is 0.257 e. The molecule has 1 aliphatic heterocycles. The molecular formula is C19H26N4O2. The number of hydrogen-bond donors (Lipinski definition) is 1. The standard InChI is InChI=1S/C19H26N4O2/c1-12-17(13(2)25-22-12)16-9-6-10-23(16)19(24)15-11-20-21-18(15)14-7-4-3-5-8-14/h11,14,16H,3-10H2,1-2H3,(H,20,21)/t16-/m1/s1. The average molecular weight is 342 g/mol. The Kier molecular flexibility index (Phi) is 4.36. The van der Waals surface area contributed by atoms with Crippen molar-refractivity contribution in [1.82, 2.24) is 20.3 Å². The van der Waals surface area contributed by atoms with E-state index in [1.54, 1.807) is 6.20 Å². The first kappa shape index (κ1) is 16.4. The molecule has 2 aliphatic rings. The van der Waals surface area contributed by atoms with E-state index in [-0.39, 0.29) is 11.9 Å². The van der Waals surface area contributed by atoms with Gasteiger partial charge >= 0.3 is 0 Å². The van der Waals surface area contributed by atoms with Gasteiger partial charge < -0.3 is 9.42 Å². The fourth-order valence-electron chi connectivity index (χ4n) is 4.60. The highest BCUT2D eigenvalue weighted by atomic mass is 16.5. The predicted molar refractivity (Wildman–Crippen MR) is 93.4 cm³/mol. The third-order valence-electron chi connectivity index (χ3n) is 5.85. The second kappa shape index (κ2) is 6.65. The van der Waals surface area contributed by atoms with Crippen LogP contribution in [0.2, 0.25) is 0 Å². The lowest BCUT2D eigenvalue weighted by molar-refractivity contribution is 0.0732. The van der Waals surface area contributed by atoms with Crippen molar-refractivity contribution >= 4 is 5.91 Å². The van der Waals surface area contributed by atoms with Gasteiger partial charge in [-0.25, -0.2) is 0 Å². The SMILES string of the molecule is Cc1noc(C)c1[C@H]1CCCN1C(=O)c1cn[nH]c1C1CCCCC1. The van der Waals surface area contributed by atoms with Gasteiger partial charge in [-0.1, -0.05) is 24.4 Å². The Morgan fingerprint density at radius 1 is 1.20 bits per heavy atom. The van der Waals surface area contributed by atoms with Crippen LogP contribution in [0.25, 0.3) is 0 Å². The molecule has 0 bridgehead atoms. The highest BCUT2D eigenvalue weighted by Gasteiger charge is 2.36. The molecule has 134 valence electrons. The quantitative estimate of drug-likeness (QED) is 0.913. The van der Waals surface area contributed by atoms with E-state index in [0.29, 0.717) is 5.92 Å². The summed E-state index contributed by atoms with van der Waals surface area (Å²) in [7, 11) is 0. The zero-order valence-corrected chi connectivity index (χ0v) is 15.0. The van der Waals surface area contributed by atoms with E-state index in [2.05, 4.69) is 15.4 Å². The lowest BCUT2D eigenvalue weighted by Crippen LogP contribution is -2.31. The van der Waals surface area contributed by atoms with Gasteiger partial charge in [0.25, 0.3) is 5.91 Å². The van der Waals surface area contributed by atoms with Crippen LogP contribution in [0.1, 0.15) is 90.0 Å². The number of amides is 1. The number of hydrogen-bond acceptors (Lipinski definition) is 4. The number of carbonyl (C=O) groups is 1. The summed E-state index contributed by atoms with van der Waals surface area (Å²) in [5.41, 5.74) is 3.76. The Bertz CT molecular complexity index is 738. The van der Waals surface area contributed by atoms with E-state index in [9.17, 15) is 4.79 Å². The number of likely N-dealkylation sites (tertiary alicyclic amines) is 1. The molecule has 0 aromatic carbocycles. The summed E-state index contributed by atoms with van der Waals surface area (Å²) < 4.78 is 5.34. The molecule has 4 rings (SSSR count). The van der Waals surface area contributed by atoms with Crippen molar-refractivity contribution in [1.29, 1.82) is 0 Å². The van der Waals surface area contributed by atoms with Crippen molar-refractivity contribution in [3.8, 4) is 0 Å². The molecule has 0 spiro atoms. The minimum Gasteiger partial charge on any atom is -0.361 e. The molecule has 1 amide bonds. The Hall–Kier alpha value is -2.11. The second-order valence-corrected chi connectivity index (χ2v) is 7.43. The normalized spacial score (nSPS) is 21.8. The molecule has 1 saturated heterocycles. The first-order valence-electron chi connectivity index (χ1n) is 9.44. The van der Waals surface area contributed by atoms with Crippen molar-refractivity contribution < 1.29 is 9.32 Å². The zero-order chi connectivity index (χ0) is 17.4. The zero-order valence-electron chi connectivity index (χ0n) is 15.0. The lowest BCUT2D eigenvalue weighted by atomic mass is 9.85. The van der Waals surface area contributed by atoms with Crippen LogP contribution < -0.4 is 0 Å². The summed E-state index contributed by atoms with van der Waals surface area (Å²) in [4.78, 5) is 15.3. The van der Waals surface area contributed by atoms with Crippen LogP contribution in [-0.2, 0) is 0 Å². The summed E-state index contributed by atoms with van der Waals surface area (Å²) in [6, 6.07) is 0.0628. The Morgan fingerprint density at radius 3 is 2.72 bits per heavy atom. The molecule has 3 heterocycles. The Balaban J connectivity index is 1.61. The minimum absolute atomic E-state index is 0.0628. The number of aromatic amines is 1. The van der Waals surface area contributed by atoms with Gasteiger partial charge in [0.1, 0.15) is 5.76 Å². The van der Waals surface area contributed by atoms with Gasteiger partial charge in [-0.3, -0.25) is 9.89 Å². The maximum Gasteiger partial charge on any atom is 0.257 e. The third kappa shape index (κ3) is 2.87. The first-order valence-corrected chi connectivity index (χ1v) is 9.44. The van der Waals surface area contributed by atoms with Gasteiger partial charge in [0, 0.05) is 18.0 Å². The van der Waals surface area contributed by atoms with Gasteiger partial charge in [-0.05, 0) is 39.5 Å². The van der Waals surface area contributed by atoms with Crippen LogP contribution in [0, 0.1) is 13.8 Å². The number of rotatable bonds is 3. The van der Waals surface area contributed by atoms with Gasteiger partial charge in [0.2, 0.25) is 0 Å². The van der Waals surface area contributed by atoms with Gasteiger partial charge in [-0.2, -0.15) is 5.10 Å². The van der Waals surface area contributed by atoms with Gasteiger partial charge in [0.15, 0.2) is 0 Å². The van der Waals surface area contributed by atoms with E-state index >= 15 is 0 Å². The molecule has 1 atom stereocenters. The summed E-state index contributed by atoms with van der Waals surface area (Å²) in [5, 5.41) is 11.4. The summed E-state index contributed by atoms with van der Waals surface area (Å²) in [5.74, 6) is 1.36. The molecule has 0 radical (unpaired) electrons. The van der Waals surface area contributed by atoms with E-state index < -0.39 is 0 Å². The van der Waals surface area contributed by atoms with E-state index in [0.717, 1.165) is 60.5 Å². The molecule has 1 saturated carbocycles. The molecule has 1 aliphatic carbocycles. The molecule has 6 nitrogen and oxygen atoms in total. The Labute approximate surface area is 148 Å². The average Bonchev–Trinajstić information content (AvgIpc) is 3.35. The fraction of sp³-hybridized carbons (Fsp3) is 0.632. The number of aryl methyl sites for hydroxylation is 2. The van der Waals surface area contributed by atoms with E-state index in [1.165, 1.54) is 19.3 Å². The van der Waals surface area contributed by atoms with Crippen molar-refractivity contribution in [2.75, 3.05) is 6.54 Å². The largest absolute Gasteiger partial charge is 0.361 e. The monoisotopic (exact) mass is 342 g/mol. The summed E-state index contributed by atoms with van der Waals surface area (Å²) in [6.07, 6.45) is 9.77. The van der Waals surface area contributed by atoms with Crippen molar-refractivity contribution in [3.05, 3.63) is 34.5 Å². The van der Waals surface area contributed by atoms with Crippen LogP contribution >= 0.6 is 0 Å². The number of carbonyl (C=O) groups excluding carboxylic acids is 1. The van der Waals surface area contributed by atoms with Crippen LogP contribution in [0.15, 0.2) is 10.7 Å². The molecule has 25 heavy (non-hydrogen) atoms. The van der Waals surface area contributed by atoms with E-state index in [4.69, 9.17) is 4.52 Å². The maximum atomic E-state index is 13.3. The maximum absolute atomic E-state index is 13.3. The topological polar surface area (TPSA) is 75.0 Å². The molecule has 2 aromatic rings. The minimum atomic E-state index is 0.0628. The number of nitrogens with zero attached hydrogens (tertiary/aromatic N) is 3. The molecular weight excluding hydrogens is 316 g/mol. The van der Waals surface area contributed by atoms with Crippen molar-refractivity contribution in [2.45, 2.75) is 70.8 Å². The second-order valence-electron chi connectivity index (χ2n) is 7.43. The van der Waals surface area contributed by atoms with Crippen LogP contribution in [0.4, 0.5) is 0 Å². The molecule has 0 unspecified atom stereocenters. The fourth-order valence-corrected chi connectivity index (χ4v) is 4.60. The lowest BCUT2D eigenvalue weighted by Gasteiger charge is -2.26. The third-order valence-corrected chi connectivity index (χ3v) is 5.85. The van der Waals surface area contributed by atoms with Gasteiger partial charge in [0.05, 0.1) is 29.2 Å². The predicted octanol–water partition coefficient (Wildman–Crippen LogP) is 4.04. The summed E-state index contributed by atoms with van der Waals surface area (Å²) >= 11 is 0. The highest BCUT2D eigenvalue weighted by Crippen LogP contribution is 2.38. The van der Waals surface area contributed by atoms with Crippen molar-refractivity contribution in [2.24, 2.45) is 0 Å².